The molecule has 0 bridgehead atoms. The number of rotatable bonds is 2. The number of amides is 3. The van der Waals surface area contributed by atoms with Gasteiger partial charge >= 0.3 is 5.97 Å². The third-order valence-corrected chi connectivity index (χ3v) is 4.14. The fraction of sp³-hybridized carbons (Fsp3) is 0.333. The Morgan fingerprint density at radius 2 is 1.86 bits per heavy atom. The number of carboxylic acids is 1. The maximum Gasteiger partial charge on any atom is 0.326 e. The summed E-state index contributed by atoms with van der Waals surface area (Å²) in [7, 11) is 1.38. The lowest BCUT2D eigenvalue weighted by atomic mass is 10.0. The minimum absolute atomic E-state index is 0.185. The molecule has 2 heterocycles. The van der Waals surface area contributed by atoms with Crippen LogP contribution < -0.4 is 0 Å². The van der Waals surface area contributed by atoms with Gasteiger partial charge in [0.2, 0.25) is 0 Å². The second-order valence-electron chi connectivity index (χ2n) is 5.42. The average molecular weight is 302 g/mol. The number of carboxylic acid groups (broad SMARTS) is 1. The predicted octanol–water partition coefficient (Wildman–Crippen LogP) is 0.602. The first-order valence-electron chi connectivity index (χ1n) is 6.92. The summed E-state index contributed by atoms with van der Waals surface area (Å²) in [5.74, 6) is -2.31. The Bertz CT molecular complexity index is 712. The maximum atomic E-state index is 12.5. The van der Waals surface area contributed by atoms with Crippen LogP contribution in [0.1, 0.15) is 43.9 Å². The molecule has 0 aromatic heterocycles. The zero-order valence-corrected chi connectivity index (χ0v) is 11.9. The van der Waals surface area contributed by atoms with Crippen LogP contribution in [0.15, 0.2) is 18.2 Å². The van der Waals surface area contributed by atoms with Gasteiger partial charge in [0.05, 0.1) is 11.1 Å². The molecule has 0 unspecified atom stereocenters. The predicted molar refractivity (Wildman–Crippen MR) is 74.6 cm³/mol. The van der Waals surface area contributed by atoms with Crippen LogP contribution in [-0.2, 0) is 4.79 Å². The van der Waals surface area contributed by atoms with Gasteiger partial charge < -0.3 is 10.0 Å². The first-order chi connectivity index (χ1) is 10.4. The molecule has 1 aromatic carbocycles. The number of likely N-dealkylation sites (tertiary alicyclic amines) is 1. The van der Waals surface area contributed by atoms with Gasteiger partial charge in [-0.1, -0.05) is 0 Å². The molecule has 7 nitrogen and oxygen atoms in total. The van der Waals surface area contributed by atoms with E-state index in [0.717, 1.165) is 4.90 Å². The van der Waals surface area contributed by atoms with Gasteiger partial charge in [0.25, 0.3) is 17.7 Å². The topological polar surface area (TPSA) is 95.0 Å². The van der Waals surface area contributed by atoms with Crippen molar-refractivity contribution in [3.8, 4) is 0 Å². The second-order valence-corrected chi connectivity index (χ2v) is 5.42. The first kappa shape index (κ1) is 14.2. The Morgan fingerprint density at radius 3 is 2.55 bits per heavy atom. The number of imide groups is 1. The minimum Gasteiger partial charge on any atom is -0.480 e. The number of aliphatic carboxylic acids is 1. The van der Waals surface area contributed by atoms with Gasteiger partial charge in [0, 0.05) is 19.2 Å². The smallest absolute Gasteiger partial charge is 0.326 e. The van der Waals surface area contributed by atoms with Gasteiger partial charge in [-0.05, 0) is 31.0 Å². The molecular formula is C15H14N2O5. The van der Waals surface area contributed by atoms with Gasteiger partial charge in [-0.2, -0.15) is 0 Å². The van der Waals surface area contributed by atoms with Crippen LogP contribution in [-0.4, -0.2) is 58.2 Å². The summed E-state index contributed by atoms with van der Waals surface area (Å²) >= 11 is 0. The van der Waals surface area contributed by atoms with Crippen molar-refractivity contribution in [2.45, 2.75) is 18.9 Å². The molecule has 3 amide bonds. The van der Waals surface area contributed by atoms with Crippen LogP contribution in [0.5, 0.6) is 0 Å². The highest BCUT2D eigenvalue weighted by atomic mass is 16.4. The van der Waals surface area contributed by atoms with Gasteiger partial charge in [-0.25, -0.2) is 4.79 Å². The maximum absolute atomic E-state index is 12.5. The van der Waals surface area contributed by atoms with Crippen LogP contribution in [0.2, 0.25) is 0 Å². The van der Waals surface area contributed by atoms with E-state index in [1.165, 1.54) is 30.1 Å². The molecule has 1 fully saturated rings. The third kappa shape index (κ3) is 1.97. The van der Waals surface area contributed by atoms with E-state index in [2.05, 4.69) is 0 Å². The standard InChI is InChI=1S/C15H14N2O5/c1-16-13(19)9-5-4-8(7-10(9)14(16)20)12(18)17-6-2-3-11(17)15(21)22/h4-5,7,11H,2-3,6H2,1H3,(H,21,22)/t11-/m0/s1. The summed E-state index contributed by atoms with van der Waals surface area (Å²) in [6.07, 6.45) is 1.06. The van der Waals surface area contributed by atoms with E-state index >= 15 is 0 Å². The van der Waals surface area contributed by atoms with Crippen LogP contribution in [0.25, 0.3) is 0 Å². The van der Waals surface area contributed by atoms with E-state index in [1.807, 2.05) is 0 Å². The molecule has 0 spiro atoms. The number of hydrogen-bond acceptors (Lipinski definition) is 4. The molecule has 1 N–H and O–H groups in total. The number of carbonyl (C=O) groups excluding carboxylic acids is 3. The van der Waals surface area contributed by atoms with Crippen molar-refractivity contribution in [2.75, 3.05) is 13.6 Å². The number of hydrogen-bond donors (Lipinski definition) is 1. The lowest BCUT2D eigenvalue weighted by Gasteiger charge is -2.21. The molecule has 2 aliphatic heterocycles. The first-order valence-corrected chi connectivity index (χ1v) is 6.92. The summed E-state index contributed by atoms with van der Waals surface area (Å²) < 4.78 is 0. The lowest BCUT2D eigenvalue weighted by Crippen LogP contribution is -2.40. The zero-order chi connectivity index (χ0) is 16.0. The third-order valence-electron chi connectivity index (χ3n) is 4.14. The normalized spacial score (nSPS) is 20.5. The van der Waals surface area contributed by atoms with E-state index in [0.29, 0.717) is 19.4 Å². The van der Waals surface area contributed by atoms with Crippen molar-refractivity contribution in [1.82, 2.24) is 9.80 Å². The molecule has 2 aliphatic rings. The van der Waals surface area contributed by atoms with Crippen molar-refractivity contribution < 1.29 is 24.3 Å². The molecule has 22 heavy (non-hydrogen) atoms. The summed E-state index contributed by atoms with van der Waals surface area (Å²) in [4.78, 5) is 49.7. The van der Waals surface area contributed by atoms with Crippen LogP contribution >= 0.6 is 0 Å². The van der Waals surface area contributed by atoms with Crippen molar-refractivity contribution in [3.05, 3.63) is 34.9 Å². The number of fused-ring (bicyclic) bond motifs is 1. The SMILES string of the molecule is CN1C(=O)c2ccc(C(=O)N3CCC[C@H]3C(=O)O)cc2C1=O. The molecule has 0 aliphatic carbocycles. The molecule has 0 saturated carbocycles. The van der Waals surface area contributed by atoms with E-state index in [9.17, 15) is 19.2 Å². The Morgan fingerprint density at radius 1 is 1.18 bits per heavy atom. The molecule has 0 radical (unpaired) electrons. The van der Waals surface area contributed by atoms with E-state index < -0.39 is 29.7 Å². The van der Waals surface area contributed by atoms with E-state index in [4.69, 9.17) is 5.11 Å². The molecule has 1 aromatic rings. The lowest BCUT2D eigenvalue weighted by molar-refractivity contribution is -0.141. The Kier molecular flexibility index (Phi) is 3.20. The fourth-order valence-electron chi connectivity index (χ4n) is 2.93. The van der Waals surface area contributed by atoms with Gasteiger partial charge in [-0.15, -0.1) is 0 Å². The Balaban J connectivity index is 1.94. The second kappa shape index (κ2) is 4.94. The summed E-state index contributed by atoms with van der Waals surface area (Å²) in [6.45, 7) is 0.375. The van der Waals surface area contributed by atoms with Crippen molar-refractivity contribution in [2.24, 2.45) is 0 Å². The number of carbonyl (C=O) groups is 4. The largest absolute Gasteiger partial charge is 0.480 e. The van der Waals surface area contributed by atoms with E-state index in [-0.39, 0.29) is 16.7 Å². The monoisotopic (exact) mass is 302 g/mol. The molecular weight excluding hydrogens is 288 g/mol. The molecule has 3 rings (SSSR count). The molecule has 114 valence electrons. The summed E-state index contributed by atoms with van der Waals surface area (Å²) in [5.41, 5.74) is 0.674. The van der Waals surface area contributed by atoms with Crippen molar-refractivity contribution in [1.29, 1.82) is 0 Å². The highest BCUT2D eigenvalue weighted by Gasteiger charge is 2.37. The average Bonchev–Trinajstić information content (AvgIpc) is 3.07. The molecule has 1 atom stereocenters. The van der Waals surface area contributed by atoms with Gasteiger partial charge in [-0.3, -0.25) is 19.3 Å². The quantitative estimate of drug-likeness (QED) is 0.807. The highest BCUT2D eigenvalue weighted by Crippen LogP contribution is 2.25. The number of benzene rings is 1. The zero-order valence-electron chi connectivity index (χ0n) is 11.9. The van der Waals surface area contributed by atoms with E-state index in [1.54, 1.807) is 0 Å². The van der Waals surface area contributed by atoms with Crippen LogP contribution in [0.4, 0.5) is 0 Å². The van der Waals surface area contributed by atoms with Crippen LogP contribution in [0.3, 0.4) is 0 Å². The Labute approximate surface area is 126 Å². The molecule has 7 heteroatoms. The van der Waals surface area contributed by atoms with Gasteiger partial charge in [0.1, 0.15) is 6.04 Å². The fourth-order valence-corrected chi connectivity index (χ4v) is 2.93. The highest BCUT2D eigenvalue weighted by molar-refractivity contribution is 6.21. The summed E-state index contributed by atoms with van der Waals surface area (Å²) in [6, 6.07) is 3.44. The summed E-state index contributed by atoms with van der Waals surface area (Å²) in [5, 5.41) is 9.15. The molecule has 1 saturated heterocycles. The Hall–Kier alpha value is -2.70. The van der Waals surface area contributed by atoms with Crippen molar-refractivity contribution in [3.63, 3.8) is 0 Å². The van der Waals surface area contributed by atoms with Crippen molar-refractivity contribution >= 4 is 23.7 Å². The van der Waals surface area contributed by atoms with Gasteiger partial charge in [0.15, 0.2) is 0 Å². The van der Waals surface area contributed by atoms with Crippen LogP contribution in [0, 0.1) is 0 Å². The minimum atomic E-state index is -1.03. The number of nitrogens with zero attached hydrogens (tertiary/aromatic N) is 2.